The average Bonchev–Trinajstić information content (AvgIpc) is 2.92. The Morgan fingerprint density at radius 1 is 1.43 bits per heavy atom. The van der Waals surface area contributed by atoms with Gasteiger partial charge in [-0.05, 0) is 12.1 Å². The number of benzene rings is 1. The Morgan fingerprint density at radius 2 is 2.24 bits per heavy atom. The summed E-state index contributed by atoms with van der Waals surface area (Å²) in [6.45, 7) is 4.74. The molecule has 2 aromatic rings. The first-order valence-corrected chi connectivity index (χ1v) is 7.26. The van der Waals surface area contributed by atoms with Crippen LogP contribution in [0, 0.1) is 0 Å². The molecule has 21 heavy (non-hydrogen) atoms. The largest absolute Gasteiger partial charge is 0.324 e. The van der Waals surface area contributed by atoms with E-state index in [1.54, 1.807) is 29.4 Å². The molecule has 0 spiro atoms. The number of hydrogen-bond donors (Lipinski definition) is 2. The predicted molar refractivity (Wildman–Crippen MR) is 85.0 cm³/mol. The number of aromatic nitrogens is 2. The van der Waals surface area contributed by atoms with Crippen LogP contribution < -0.4 is 10.6 Å². The minimum Gasteiger partial charge on any atom is -0.324 e. The minimum absolute atomic E-state index is 0.0493. The summed E-state index contributed by atoms with van der Waals surface area (Å²) in [6, 6.07) is 5.79. The number of carbonyl (C=O) groups is 1. The molecule has 2 rings (SSSR count). The summed E-state index contributed by atoms with van der Waals surface area (Å²) in [5.74, 6) is -0.0493. The molecule has 6 heteroatoms. The Labute approximate surface area is 129 Å². The molecule has 0 fully saturated rings. The fourth-order valence-corrected chi connectivity index (χ4v) is 2.23. The maximum atomic E-state index is 12.0. The van der Waals surface area contributed by atoms with Crippen molar-refractivity contribution in [2.45, 2.75) is 26.3 Å². The first-order valence-electron chi connectivity index (χ1n) is 6.88. The highest BCUT2D eigenvalue weighted by atomic mass is 35.5. The lowest BCUT2D eigenvalue weighted by Crippen LogP contribution is -2.27. The molecule has 1 heterocycles. The van der Waals surface area contributed by atoms with Gasteiger partial charge in [-0.15, -0.1) is 0 Å². The van der Waals surface area contributed by atoms with E-state index in [4.69, 9.17) is 11.6 Å². The minimum atomic E-state index is -0.0493. The van der Waals surface area contributed by atoms with Crippen molar-refractivity contribution in [3.05, 3.63) is 41.9 Å². The fourth-order valence-electron chi connectivity index (χ4n) is 1.96. The van der Waals surface area contributed by atoms with Crippen LogP contribution in [0.15, 0.2) is 36.9 Å². The smallest absolute Gasteiger partial charge is 0.225 e. The number of para-hydroxylation sites is 1. The summed E-state index contributed by atoms with van der Waals surface area (Å²) in [5.41, 5.74) is 1.40. The number of imidazole rings is 1. The zero-order valence-electron chi connectivity index (χ0n) is 12.1. The molecular formula is C15H19ClN4O. The highest BCUT2D eigenvalue weighted by Gasteiger charge is 2.11. The van der Waals surface area contributed by atoms with Crippen LogP contribution >= 0.6 is 11.6 Å². The quantitative estimate of drug-likeness (QED) is 0.863. The summed E-state index contributed by atoms with van der Waals surface area (Å²) in [7, 11) is 0. The first-order chi connectivity index (χ1) is 10.1. The van der Waals surface area contributed by atoms with Crippen LogP contribution in [-0.4, -0.2) is 28.0 Å². The molecule has 0 atom stereocenters. The van der Waals surface area contributed by atoms with E-state index in [-0.39, 0.29) is 5.91 Å². The summed E-state index contributed by atoms with van der Waals surface area (Å²) < 4.78 is 1.78. The van der Waals surface area contributed by atoms with E-state index >= 15 is 0 Å². The summed E-state index contributed by atoms with van der Waals surface area (Å²) in [6.07, 6.45) is 5.52. The van der Waals surface area contributed by atoms with Crippen LogP contribution in [0.5, 0.6) is 0 Å². The third-order valence-electron chi connectivity index (χ3n) is 2.93. The Bertz CT molecular complexity index is 596. The normalized spacial score (nSPS) is 10.9. The molecule has 0 saturated carbocycles. The number of hydrogen-bond acceptors (Lipinski definition) is 3. The molecule has 1 aromatic heterocycles. The van der Waals surface area contributed by atoms with Gasteiger partial charge in [0.1, 0.15) is 0 Å². The van der Waals surface area contributed by atoms with E-state index in [0.717, 1.165) is 5.69 Å². The second-order valence-corrected chi connectivity index (χ2v) is 5.42. The molecular weight excluding hydrogens is 288 g/mol. The van der Waals surface area contributed by atoms with Gasteiger partial charge in [0.2, 0.25) is 5.91 Å². The van der Waals surface area contributed by atoms with Gasteiger partial charge in [0, 0.05) is 31.4 Å². The van der Waals surface area contributed by atoms with Gasteiger partial charge in [0.15, 0.2) is 0 Å². The molecule has 1 aromatic carbocycles. The van der Waals surface area contributed by atoms with Crippen LogP contribution in [0.3, 0.4) is 0 Å². The number of rotatable bonds is 6. The predicted octanol–water partition coefficient (Wildman–Crippen LogP) is 2.85. The molecule has 0 aliphatic carbocycles. The number of amides is 1. The second-order valence-electron chi connectivity index (χ2n) is 5.01. The molecule has 0 saturated heterocycles. The third kappa shape index (κ3) is 4.31. The van der Waals surface area contributed by atoms with Gasteiger partial charge in [-0.1, -0.05) is 31.5 Å². The van der Waals surface area contributed by atoms with Crippen molar-refractivity contribution in [3.63, 3.8) is 0 Å². The molecule has 0 aliphatic heterocycles. The molecule has 0 radical (unpaired) electrons. The van der Waals surface area contributed by atoms with E-state index in [0.29, 0.717) is 29.7 Å². The van der Waals surface area contributed by atoms with Crippen LogP contribution in [0.25, 0.3) is 5.69 Å². The van der Waals surface area contributed by atoms with Crippen LogP contribution in [0.4, 0.5) is 5.69 Å². The van der Waals surface area contributed by atoms with Crippen molar-refractivity contribution in [1.29, 1.82) is 0 Å². The number of nitrogens with one attached hydrogen (secondary N) is 2. The lowest BCUT2D eigenvalue weighted by atomic mass is 10.2. The first kappa shape index (κ1) is 15.5. The Balaban J connectivity index is 2.10. The zero-order valence-corrected chi connectivity index (χ0v) is 12.9. The summed E-state index contributed by atoms with van der Waals surface area (Å²) >= 11 is 6.24. The van der Waals surface area contributed by atoms with Crippen LogP contribution in [-0.2, 0) is 4.79 Å². The van der Waals surface area contributed by atoms with Crippen molar-refractivity contribution in [2.24, 2.45) is 0 Å². The number of carbonyl (C=O) groups excluding carboxylic acids is 1. The van der Waals surface area contributed by atoms with Gasteiger partial charge >= 0.3 is 0 Å². The van der Waals surface area contributed by atoms with Crippen molar-refractivity contribution in [2.75, 3.05) is 11.9 Å². The van der Waals surface area contributed by atoms with E-state index in [1.807, 2.05) is 26.0 Å². The van der Waals surface area contributed by atoms with Gasteiger partial charge in [0.25, 0.3) is 0 Å². The van der Waals surface area contributed by atoms with E-state index < -0.39 is 0 Å². The molecule has 112 valence electrons. The molecule has 0 unspecified atom stereocenters. The van der Waals surface area contributed by atoms with E-state index in [2.05, 4.69) is 15.6 Å². The van der Waals surface area contributed by atoms with Crippen LogP contribution in [0.1, 0.15) is 20.3 Å². The van der Waals surface area contributed by atoms with Crippen molar-refractivity contribution < 1.29 is 4.79 Å². The SMILES string of the molecule is CC(C)NCCC(=O)Nc1cccc(Cl)c1-n1ccnc1. The van der Waals surface area contributed by atoms with Gasteiger partial charge in [-0.2, -0.15) is 0 Å². The van der Waals surface area contributed by atoms with Crippen molar-refractivity contribution >= 4 is 23.2 Å². The highest BCUT2D eigenvalue weighted by molar-refractivity contribution is 6.33. The monoisotopic (exact) mass is 306 g/mol. The molecule has 0 aliphatic rings. The standard InChI is InChI=1S/C15H19ClN4O/c1-11(2)18-7-6-14(21)19-13-5-3-4-12(16)15(13)20-9-8-17-10-20/h3-5,8-11,18H,6-7H2,1-2H3,(H,19,21). The van der Waals surface area contributed by atoms with Gasteiger partial charge in [-0.25, -0.2) is 4.98 Å². The second kappa shape index (κ2) is 7.24. The average molecular weight is 307 g/mol. The molecule has 5 nitrogen and oxygen atoms in total. The van der Waals surface area contributed by atoms with Gasteiger partial charge < -0.3 is 15.2 Å². The fraction of sp³-hybridized carbons (Fsp3) is 0.333. The maximum Gasteiger partial charge on any atom is 0.225 e. The Morgan fingerprint density at radius 3 is 2.90 bits per heavy atom. The highest BCUT2D eigenvalue weighted by Crippen LogP contribution is 2.28. The Kier molecular flexibility index (Phi) is 5.36. The lowest BCUT2D eigenvalue weighted by molar-refractivity contribution is -0.116. The number of halogens is 1. The van der Waals surface area contributed by atoms with Crippen molar-refractivity contribution in [1.82, 2.24) is 14.9 Å². The van der Waals surface area contributed by atoms with E-state index in [1.165, 1.54) is 0 Å². The topological polar surface area (TPSA) is 59.0 Å². The van der Waals surface area contributed by atoms with Gasteiger partial charge in [0.05, 0.1) is 22.7 Å². The van der Waals surface area contributed by atoms with Crippen molar-refractivity contribution in [3.8, 4) is 5.69 Å². The lowest BCUT2D eigenvalue weighted by Gasteiger charge is -2.14. The molecule has 1 amide bonds. The molecule has 2 N–H and O–H groups in total. The van der Waals surface area contributed by atoms with Gasteiger partial charge in [-0.3, -0.25) is 4.79 Å². The maximum absolute atomic E-state index is 12.0. The number of anilines is 1. The number of nitrogens with zero attached hydrogens (tertiary/aromatic N) is 2. The third-order valence-corrected chi connectivity index (χ3v) is 3.23. The summed E-state index contributed by atoms with van der Waals surface area (Å²) in [5, 5.41) is 6.68. The van der Waals surface area contributed by atoms with E-state index in [9.17, 15) is 4.79 Å². The zero-order chi connectivity index (χ0) is 15.2. The van der Waals surface area contributed by atoms with Crippen LogP contribution in [0.2, 0.25) is 5.02 Å². The summed E-state index contributed by atoms with van der Waals surface area (Å²) in [4.78, 5) is 16.0. The Hall–Kier alpha value is -1.85. The molecule has 0 bridgehead atoms.